The van der Waals surface area contributed by atoms with Gasteiger partial charge in [0.2, 0.25) is 0 Å². The van der Waals surface area contributed by atoms with Gasteiger partial charge >= 0.3 is 0 Å². The Morgan fingerprint density at radius 2 is 1.90 bits per heavy atom. The van der Waals surface area contributed by atoms with E-state index in [2.05, 4.69) is 26.3 Å². The zero-order valence-electron chi connectivity index (χ0n) is 10.2. The van der Waals surface area contributed by atoms with Crippen LogP contribution < -0.4 is 11.3 Å². The maximum Gasteiger partial charge on any atom is 0.194 e. The molecule has 1 atom stereocenters. The highest BCUT2D eigenvalue weighted by molar-refractivity contribution is 9.10. The molecule has 7 heteroatoms. The van der Waals surface area contributed by atoms with Crippen LogP contribution in [0.15, 0.2) is 34.9 Å². The third-order valence-electron chi connectivity index (χ3n) is 2.84. The number of hydrogen-bond donors (Lipinski definition) is 2. The van der Waals surface area contributed by atoms with Crippen LogP contribution in [0.25, 0.3) is 0 Å². The SMILES string of the molecule is NNC(Cc1ccc(Br)cn1)c1ccc(F)c(F)c1F. The second-order valence-electron chi connectivity index (χ2n) is 4.16. The number of aromatic nitrogens is 1. The van der Waals surface area contributed by atoms with Gasteiger partial charge in [0.1, 0.15) is 0 Å². The van der Waals surface area contributed by atoms with Gasteiger partial charge in [-0.25, -0.2) is 13.2 Å². The van der Waals surface area contributed by atoms with Crippen LogP contribution in [-0.4, -0.2) is 4.98 Å². The lowest BCUT2D eigenvalue weighted by atomic mass is 10.0. The standard InChI is InChI=1S/C13H11BrF3N3/c14-7-1-2-8(19-6-7)5-11(20-18)9-3-4-10(15)13(17)12(9)16/h1-4,6,11,20H,5,18H2. The van der Waals surface area contributed by atoms with E-state index in [0.29, 0.717) is 5.69 Å². The first-order chi connectivity index (χ1) is 9.52. The first-order valence-corrected chi connectivity index (χ1v) is 6.52. The lowest BCUT2D eigenvalue weighted by molar-refractivity contribution is 0.424. The number of pyridine rings is 1. The van der Waals surface area contributed by atoms with E-state index >= 15 is 0 Å². The van der Waals surface area contributed by atoms with Gasteiger partial charge in [0.25, 0.3) is 0 Å². The van der Waals surface area contributed by atoms with Gasteiger partial charge in [-0.2, -0.15) is 0 Å². The maximum atomic E-state index is 13.7. The summed E-state index contributed by atoms with van der Waals surface area (Å²) in [4.78, 5) is 4.13. The van der Waals surface area contributed by atoms with Gasteiger partial charge in [-0.1, -0.05) is 6.07 Å². The van der Waals surface area contributed by atoms with Crippen molar-refractivity contribution >= 4 is 15.9 Å². The minimum Gasteiger partial charge on any atom is -0.271 e. The minimum absolute atomic E-state index is 0.0453. The summed E-state index contributed by atoms with van der Waals surface area (Å²) in [5.41, 5.74) is 2.98. The van der Waals surface area contributed by atoms with Crippen LogP contribution in [0.4, 0.5) is 13.2 Å². The second kappa shape index (κ2) is 6.34. The van der Waals surface area contributed by atoms with Crippen LogP contribution in [0, 0.1) is 17.5 Å². The molecule has 0 bridgehead atoms. The third kappa shape index (κ3) is 3.17. The number of rotatable bonds is 4. The molecule has 1 aromatic heterocycles. The molecule has 0 radical (unpaired) electrons. The van der Waals surface area contributed by atoms with E-state index in [4.69, 9.17) is 5.84 Å². The lowest BCUT2D eigenvalue weighted by Gasteiger charge is -2.17. The molecule has 0 saturated carbocycles. The molecule has 1 aromatic carbocycles. The molecule has 106 valence electrons. The minimum atomic E-state index is -1.51. The number of nitrogens with one attached hydrogen (secondary N) is 1. The Bertz CT molecular complexity index is 605. The third-order valence-corrected chi connectivity index (χ3v) is 3.31. The molecule has 20 heavy (non-hydrogen) atoms. The van der Waals surface area contributed by atoms with Crippen molar-refractivity contribution in [2.45, 2.75) is 12.5 Å². The van der Waals surface area contributed by atoms with Crippen molar-refractivity contribution in [3.05, 3.63) is 63.6 Å². The molecule has 1 heterocycles. The Morgan fingerprint density at radius 3 is 2.50 bits per heavy atom. The molecule has 0 fully saturated rings. The van der Waals surface area contributed by atoms with Gasteiger partial charge in [-0.15, -0.1) is 0 Å². The van der Waals surface area contributed by atoms with E-state index in [1.807, 2.05) is 0 Å². The zero-order chi connectivity index (χ0) is 14.7. The first-order valence-electron chi connectivity index (χ1n) is 5.73. The highest BCUT2D eigenvalue weighted by atomic mass is 79.9. The van der Waals surface area contributed by atoms with Crippen molar-refractivity contribution in [1.29, 1.82) is 0 Å². The number of benzene rings is 1. The first kappa shape index (κ1) is 15.0. The summed E-state index contributed by atoms with van der Waals surface area (Å²) in [6.07, 6.45) is 1.83. The van der Waals surface area contributed by atoms with Crippen LogP contribution in [0.5, 0.6) is 0 Å². The van der Waals surface area contributed by atoms with Crippen molar-refractivity contribution in [3.8, 4) is 0 Å². The Morgan fingerprint density at radius 1 is 1.15 bits per heavy atom. The van der Waals surface area contributed by atoms with Crippen molar-refractivity contribution in [2.24, 2.45) is 5.84 Å². The van der Waals surface area contributed by atoms with Crippen LogP contribution >= 0.6 is 15.9 Å². The number of nitrogens with zero attached hydrogens (tertiary/aromatic N) is 1. The summed E-state index contributed by atoms with van der Waals surface area (Å²) in [7, 11) is 0. The number of hydrogen-bond acceptors (Lipinski definition) is 3. The molecule has 0 saturated heterocycles. The Kier molecular flexibility index (Phi) is 4.74. The molecular formula is C13H11BrF3N3. The van der Waals surface area contributed by atoms with Crippen LogP contribution in [-0.2, 0) is 6.42 Å². The Hall–Kier alpha value is -1.44. The summed E-state index contributed by atoms with van der Waals surface area (Å²) < 4.78 is 40.7. The fourth-order valence-electron chi connectivity index (χ4n) is 1.80. The van der Waals surface area contributed by atoms with Gasteiger partial charge in [0, 0.05) is 28.3 Å². The molecule has 1 unspecified atom stereocenters. The Balaban J connectivity index is 2.29. The normalized spacial score (nSPS) is 12.4. The van der Waals surface area contributed by atoms with Gasteiger partial charge in [-0.3, -0.25) is 16.3 Å². The van der Waals surface area contributed by atoms with Gasteiger partial charge in [0.05, 0.1) is 6.04 Å². The van der Waals surface area contributed by atoms with Gasteiger partial charge < -0.3 is 0 Å². The molecule has 0 aliphatic rings. The topological polar surface area (TPSA) is 50.9 Å². The van der Waals surface area contributed by atoms with Crippen LogP contribution in [0.3, 0.4) is 0 Å². The Labute approximate surface area is 122 Å². The lowest BCUT2D eigenvalue weighted by Crippen LogP contribution is -2.30. The molecule has 3 N–H and O–H groups in total. The van der Waals surface area contributed by atoms with E-state index in [9.17, 15) is 13.2 Å². The summed E-state index contributed by atoms with van der Waals surface area (Å²) in [5.74, 6) is 1.38. The highest BCUT2D eigenvalue weighted by Crippen LogP contribution is 2.23. The average molecular weight is 346 g/mol. The molecule has 0 aliphatic heterocycles. The van der Waals surface area contributed by atoms with Gasteiger partial charge in [0.15, 0.2) is 17.5 Å². The van der Waals surface area contributed by atoms with Crippen molar-refractivity contribution in [1.82, 2.24) is 10.4 Å². The molecule has 0 amide bonds. The molecule has 2 rings (SSSR count). The maximum absolute atomic E-state index is 13.7. The second-order valence-corrected chi connectivity index (χ2v) is 5.07. The smallest absolute Gasteiger partial charge is 0.194 e. The van der Waals surface area contributed by atoms with E-state index in [1.165, 1.54) is 0 Å². The number of hydrazine groups is 1. The van der Waals surface area contributed by atoms with E-state index < -0.39 is 23.5 Å². The van der Waals surface area contributed by atoms with Crippen molar-refractivity contribution in [2.75, 3.05) is 0 Å². The van der Waals surface area contributed by atoms with Gasteiger partial charge in [-0.05, 0) is 34.1 Å². The quantitative estimate of drug-likeness (QED) is 0.508. The summed E-state index contributed by atoms with van der Waals surface area (Å²) in [5, 5.41) is 0. The number of nitrogens with two attached hydrogens (primary N) is 1. The fraction of sp³-hybridized carbons (Fsp3) is 0.154. The predicted octanol–water partition coefficient (Wildman–Crippen LogP) is 3.01. The average Bonchev–Trinajstić information content (AvgIpc) is 2.45. The highest BCUT2D eigenvalue weighted by Gasteiger charge is 2.20. The van der Waals surface area contributed by atoms with E-state index in [1.54, 1.807) is 18.3 Å². The van der Waals surface area contributed by atoms with E-state index in [0.717, 1.165) is 16.6 Å². The van der Waals surface area contributed by atoms with E-state index in [-0.39, 0.29) is 12.0 Å². The summed E-state index contributed by atoms with van der Waals surface area (Å²) in [6.45, 7) is 0. The molecule has 3 nitrogen and oxygen atoms in total. The zero-order valence-corrected chi connectivity index (χ0v) is 11.8. The van der Waals surface area contributed by atoms with Crippen LogP contribution in [0.1, 0.15) is 17.3 Å². The molecule has 2 aromatic rings. The fourth-order valence-corrected chi connectivity index (χ4v) is 2.04. The van der Waals surface area contributed by atoms with Crippen molar-refractivity contribution in [3.63, 3.8) is 0 Å². The largest absolute Gasteiger partial charge is 0.271 e. The molecule has 0 aliphatic carbocycles. The van der Waals surface area contributed by atoms with Crippen molar-refractivity contribution < 1.29 is 13.2 Å². The summed E-state index contributed by atoms with van der Waals surface area (Å²) in [6, 6.07) is 4.83. The van der Waals surface area contributed by atoms with Crippen LogP contribution in [0.2, 0.25) is 0 Å². The molecule has 0 spiro atoms. The molecular weight excluding hydrogens is 335 g/mol. The predicted molar refractivity (Wildman–Crippen MR) is 72.0 cm³/mol. The monoisotopic (exact) mass is 345 g/mol. The number of halogens is 4. The summed E-state index contributed by atoms with van der Waals surface area (Å²) >= 11 is 3.25.